The fraction of sp³-hybridized carbons (Fsp3) is 0.636. The first-order valence-corrected chi connectivity index (χ1v) is 5.76. The minimum absolute atomic E-state index is 0.205. The van der Waals surface area contributed by atoms with Crippen LogP contribution in [0.5, 0.6) is 0 Å². The fourth-order valence-corrected chi connectivity index (χ4v) is 2.10. The van der Waals surface area contributed by atoms with Crippen molar-refractivity contribution < 1.29 is 0 Å². The molecule has 0 amide bonds. The normalized spacial score (nSPS) is 20.2. The number of hydrogen-bond acceptors (Lipinski definition) is 3. The van der Waals surface area contributed by atoms with Crippen molar-refractivity contribution in [3.05, 3.63) is 33.1 Å². The highest BCUT2D eigenvalue weighted by Crippen LogP contribution is 2.05. The first-order valence-electron chi connectivity index (χ1n) is 5.76. The molecule has 0 aliphatic carbocycles. The summed E-state index contributed by atoms with van der Waals surface area (Å²) in [6.45, 7) is 3.95. The van der Waals surface area contributed by atoms with Gasteiger partial charge in [-0.25, -0.2) is 4.79 Å². The molecule has 1 aliphatic rings. The number of rotatable bonds is 3. The molecule has 16 heavy (non-hydrogen) atoms. The van der Waals surface area contributed by atoms with Crippen LogP contribution in [0.3, 0.4) is 0 Å². The molecule has 1 N–H and O–H groups in total. The van der Waals surface area contributed by atoms with E-state index in [0.29, 0.717) is 13.1 Å². The monoisotopic (exact) mass is 223 g/mol. The molecule has 1 fully saturated rings. The van der Waals surface area contributed by atoms with Crippen molar-refractivity contribution in [1.82, 2.24) is 14.5 Å². The van der Waals surface area contributed by atoms with Crippen molar-refractivity contribution in [3.8, 4) is 0 Å². The Bertz CT molecular complexity index is 469. The third-order valence-corrected chi connectivity index (χ3v) is 3.05. The molecular formula is C11H17N3O2. The SMILES string of the molecule is CCn1ccc(=O)n(C[C@@H]2CCCN2)c1=O. The number of nitrogens with zero attached hydrogens (tertiary/aromatic N) is 2. The molecule has 1 atom stereocenters. The summed E-state index contributed by atoms with van der Waals surface area (Å²) in [6.07, 6.45) is 3.71. The van der Waals surface area contributed by atoms with Crippen LogP contribution in [0.2, 0.25) is 0 Å². The number of nitrogens with one attached hydrogen (secondary N) is 1. The lowest BCUT2D eigenvalue weighted by molar-refractivity contribution is 0.467. The van der Waals surface area contributed by atoms with E-state index in [9.17, 15) is 9.59 Å². The molecule has 1 aromatic heterocycles. The number of aromatic nitrogens is 2. The van der Waals surface area contributed by atoms with E-state index in [1.807, 2.05) is 6.92 Å². The Morgan fingerprint density at radius 2 is 2.31 bits per heavy atom. The summed E-state index contributed by atoms with van der Waals surface area (Å²) < 4.78 is 2.88. The van der Waals surface area contributed by atoms with Crippen LogP contribution in [-0.4, -0.2) is 21.7 Å². The second kappa shape index (κ2) is 4.65. The predicted octanol–water partition coefficient (Wildman–Crippen LogP) is -0.218. The van der Waals surface area contributed by atoms with Gasteiger partial charge in [0.15, 0.2) is 0 Å². The van der Waals surface area contributed by atoms with Crippen molar-refractivity contribution in [1.29, 1.82) is 0 Å². The lowest BCUT2D eigenvalue weighted by Crippen LogP contribution is -2.43. The number of hydrogen-bond donors (Lipinski definition) is 1. The molecule has 0 aromatic carbocycles. The minimum Gasteiger partial charge on any atom is -0.312 e. The first-order chi connectivity index (χ1) is 7.72. The van der Waals surface area contributed by atoms with Gasteiger partial charge in [-0.2, -0.15) is 0 Å². The van der Waals surface area contributed by atoms with Crippen molar-refractivity contribution in [2.75, 3.05) is 6.54 Å². The molecule has 1 aliphatic heterocycles. The van der Waals surface area contributed by atoms with Gasteiger partial charge < -0.3 is 9.88 Å². The maximum absolute atomic E-state index is 11.9. The Hall–Kier alpha value is -1.36. The van der Waals surface area contributed by atoms with Gasteiger partial charge >= 0.3 is 5.69 Å². The summed E-state index contributed by atoms with van der Waals surface area (Å²) in [4.78, 5) is 23.5. The van der Waals surface area contributed by atoms with Crippen molar-refractivity contribution in [2.45, 2.75) is 38.9 Å². The molecule has 1 saturated heterocycles. The van der Waals surface area contributed by atoms with Crippen LogP contribution >= 0.6 is 0 Å². The second-order valence-electron chi connectivity index (χ2n) is 4.13. The van der Waals surface area contributed by atoms with E-state index >= 15 is 0 Å². The Balaban J connectivity index is 2.31. The summed E-state index contributed by atoms with van der Waals surface area (Å²) >= 11 is 0. The zero-order valence-electron chi connectivity index (χ0n) is 9.48. The third kappa shape index (κ3) is 2.09. The Kier molecular flexibility index (Phi) is 3.24. The summed E-state index contributed by atoms with van der Waals surface area (Å²) in [5, 5.41) is 3.29. The van der Waals surface area contributed by atoms with Crippen molar-refractivity contribution in [3.63, 3.8) is 0 Å². The summed E-state index contributed by atoms with van der Waals surface area (Å²) in [7, 11) is 0. The summed E-state index contributed by atoms with van der Waals surface area (Å²) in [5.41, 5.74) is -0.410. The Morgan fingerprint density at radius 3 is 2.94 bits per heavy atom. The largest absolute Gasteiger partial charge is 0.331 e. The van der Waals surface area contributed by atoms with Gasteiger partial charge in [0.25, 0.3) is 5.56 Å². The molecule has 88 valence electrons. The standard InChI is InChI=1S/C11H17N3O2/c1-2-13-7-5-10(15)14(11(13)16)8-9-4-3-6-12-9/h5,7,9,12H,2-4,6,8H2,1H3/t9-/m0/s1. The molecule has 5 nitrogen and oxygen atoms in total. The van der Waals surface area contributed by atoms with E-state index in [1.165, 1.54) is 10.6 Å². The van der Waals surface area contributed by atoms with Crippen LogP contribution in [0.15, 0.2) is 21.9 Å². The molecular weight excluding hydrogens is 206 g/mol. The molecule has 0 unspecified atom stereocenters. The van der Waals surface area contributed by atoms with E-state index in [0.717, 1.165) is 19.4 Å². The van der Waals surface area contributed by atoms with Gasteiger partial charge in [-0.1, -0.05) is 0 Å². The molecule has 2 heterocycles. The van der Waals surface area contributed by atoms with Crippen LogP contribution in [0.25, 0.3) is 0 Å². The molecule has 0 spiro atoms. The molecule has 0 radical (unpaired) electrons. The van der Waals surface area contributed by atoms with Crippen LogP contribution < -0.4 is 16.6 Å². The van der Waals surface area contributed by atoms with E-state index in [1.54, 1.807) is 10.8 Å². The molecule has 5 heteroatoms. The minimum atomic E-state index is -0.205. The van der Waals surface area contributed by atoms with E-state index < -0.39 is 0 Å². The van der Waals surface area contributed by atoms with Gasteiger partial charge in [-0.3, -0.25) is 9.36 Å². The average molecular weight is 223 g/mol. The van der Waals surface area contributed by atoms with E-state index in [-0.39, 0.29) is 17.3 Å². The highest BCUT2D eigenvalue weighted by molar-refractivity contribution is 4.88. The maximum atomic E-state index is 11.9. The Morgan fingerprint density at radius 1 is 1.50 bits per heavy atom. The molecule has 1 aromatic rings. The van der Waals surface area contributed by atoms with Crippen molar-refractivity contribution in [2.24, 2.45) is 0 Å². The first kappa shape index (κ1) is 11.1. The van der Waals surface area contributed by atoms with E-state index in [4.69, 9.17) is 0 Å². The quantitative estimate of drug-likeness (QED) is 0.771. The van der Waals surface area contributed by atoms with Crippen LogP contribution in [0.1, 0.15) is 19.8 Å². The fourth-order valence-electron chi connectivity index (χ4n) is 2.10. The zero-order chi connectivity index (χ0) is 11.5. The second-order valence-corrected chi connectivity index (χ2v) is 4.13. The number of aryl methyl sites for hydroxylation is 1. The van der Waals surface area contributed by atoms with Crippen LogP contribution in [0, 0.1) is 0 Å². The average Bonchev–Trinajstić information content (AvgIpc) is 2.77. The predicted molar refractivity (Wildman–Crippen MR) is 61.7 cm³/mol. The summed E-state index contributed by atoms with van der Waals surface area (Å²) in [6, 6.07) is 1.72. The summed E-state index contributed by atoms with van der Waals surface area (Å²) in [5.74, 6) is 0. The van der Waals surface area contributed by atoms with Gasteiger partial charge in [0.1, 0.15) is 0 Å². The smallest absolute Gasteiger partial charge is 0.312 e. The highest BCUT2D eigenvalue weighted by atomic mass is 16.2. The molecule has 0 saturated carbocycles. The van der Waals surface area contributed by atoms with Gasteiger partial charge in [-0.15, -0.1) is 0 Å². The third-order valence-electron chi connectivity index (χ3n) is 3.05. The van der Waals surface area contributed by atoms with Crippen LogP contribution in [-0.2, 0) is 13.1 Å². The van der Waals surface area contributed by atoms with Gasteiger partial charge in [0.05, 0.1) is 0 Å². The lowest BCUT2D eigenvalue weighted by Gasteiger charge is -2.12. The highest BCUT2D eigenvalue weighted by Gasteiger charge is 2.16. The molecule has 0 bridgehead atoms. The van der Waals surface area contributed by atoms with Gasteiger partial charge in [0.2, 0.25) is 0 Å². The van der Waals surface area contributed by atoms with Gasteiger partial charge in [0, 0.05) is 31.4 Å². The topological polar surface area (TPSA) is 56.0 Å². The maximum Gasteiger partial charge on any atom is 0.331 e. The van der Waals surface area contributed by atoms with Gasteiger partial charge in [-0.05, 0) is 26.3 Å². The van der Waals surface area contributed by atoms with E-state index in [2.05, 4.69) is 5.32 Å². The molecule has 2 rings (SSSR count). The van der Waals surface area contributed by atoms with Crippen LogP contribution in [0.4, 0.5) is 0 Å². The van der Waals surface area contributed by atoms with Crippen molar-refractivity contribution >= 4 is 0 Å². The zero-order valence-corrected chi connectivity index (χ0v) is 9.48. The Labute approximate surface area is 93.7 Å². The lowest BCUT2D eigenvalue weighted by atomic mass is 10.2.